The van der Waals surface area contributed by atoms with Crippen molar-refractivity contribution in [1.82, 2.24) is 14.6 Å². The lowest BCUT2D eigenvalue weighted by molar-refractivity contribution is -0.284. The molecule has 0 fully saturated rings. The molecule has 22 heavy (non-hydrogen) atoms. The number of amidine groups is 1. The van der Waals surface area contributed by atoms with Gasteiger partial charge in [-0.1, -0.05) is 0 Å². The highest BCUT2D eigenvalue weighted by atomic mass is 19.4. The number of hydrogen-bond donors (Lipinski definition) is 2. The minimum atomic E-state index is -5.62. The van der Waals surface area contributed by atoms with Crippen LogP contribution in [0.5, 0.6) is 0 Å². The minimum absolute atomic E-state index is 0.0703. The van der Waals surface area contributed by atoms with E-state index < -0.39 is 24.9 Å². The average Bonchev–Trinajstić information content (AvgIpc) is 2.82. The fraction of sp³-hybridized carbons (Fsp3) is 0.364. The SMILES string of the molecule is N/N=C(\N)c1nc(CCC(F)(F)C(F)(F)F)n2ncccc12. The van der Waals surface area contributed by atoms with Crippen LogP contribution in [0.1, 0.15) is 17.9 Å². The van der Waals surface area contributed by atoms with Gasteiger partial charge in [0, 0.05) is 19.0 Å². The van der Waals surface area contributed by atoms with Crippen LogP contribution >= 0.6 is 0 Å². The van der Waals surface area contributed by atoms with E-state index in [0.717, 1.165) is 4.52 Å². The summed E-state index contributed by atoms with van der Waals surface area (Å²) in [7, 11) is 0. The Bertz CT molecular complexity index is 705. The maximum Gasteiger partial charge on any atom is 0.453 e. The molecule has 0 aliphatic carbocycles. The Morgan fingerprint density at radius 2 is 1.95 bits per heavy atom. The van der Waals surface area contributed by atoms with Crippen molar-refractivity contribution >= 4 is 11.4 Å². The second-order valence-corrected chi connectivity index (χ2v) is 4.41. The van der Waals surface area contributed by atoms with Gasteiger partial charge in [0.1, 0.15) is 11.5 Å². The molecule has 0 unspecified atom stereocenters. The van der Waals surface area contributed by atoms with Gasteiger partial charge >= 0.3 is 12.1 Å². The Balaban J connectivity index is 2.37. The van der Waals surface area contributed by atoms with Gasteiger partial charge in [0.05, 0.1) is 5.52 Å². The van der Waals surface area contributed by atoms with Crippen molar-refractivity contribution in [3.8, 4) is 0 Å². The number of rotatable bonds is 4. The van der Waals surface area contributed by atoms with Crippen molar-refractivity contribution in [3.63, 3.8) is 0 Å². The zero-order chi connectivity index (χ0) is 16.5. The normalized spacial score (nSPS) is 13.8. The highest BCUT2D eigenvalue weighted by Crippen LogP contribution is 2.38. The predicted molar refractivity (Wildman–Crippen MR) is 67.2 cm³/mol. The molecule has 11 heteroatoms. The number of aryl methyl sites for hydroxylation is 1. The molecule has 6 nitrogen and oxygen atoms in total. The van der Waals surface area contributed by atoms with E-state index in [1.807, 2.05) is 0 Å². The highest BCUT2D eigenvalue weighted by Gasteiger charge is 2.56. The molecule has 0 bridgehead atoms. The van der Waals surface area contributed by atoms with Crippen LogP contribution in [0, 0.1) is 0 Å². The van der Waals surface area contributed by atoms with Crippen LogP contribution < -0.4 is 11.6 Å². The Kier molecular flexibility index (Phi) is 3.90. The Labute approximate surface area is 120 Å². The Morgan fingerprint density at radius 1 is 1.27 bits per heavy atom. The Morgan fingerprint density at radius 3 is 2.55 bits per heavy atom. The summed E-state index contributed by atoms with van der Waals surface area (Å²) in [6.07, 6.45) is -6.39. The molecule has 2 aromatic rings. The van der Waals surface area contributed by atoms with Gasteiger partial charge in [-0.3, -0.25) is 0 Å². The molecule has 0 aliphatic heterocycles. The zero-order valence-electron chi connectivity index (χ0n) is 11.0. The fourth-order valence-corrected chi connectivity index (χ4v) is 1.81. The number of halogens is 5. The fourth-order valence-electron chi connectivity index (χ4n) is 1.81. The molecule has 0 aliphatic rings. The van der Waals surface area contributed by atoms with Gasteiger partial charge in [0.25, 0.3) is 0 Å². The molecule has 0 saturated heterocycles. The van der Waals surface area contributed by atoms with E-state index in [1.165, 1.54) is 18.3 Å². The number of hydrogen-bond acceptors (Lipinski definition) is 4. The largest absolute Gasteiger partial charge is 0.453 e. The second-order valence-electron chi connectivity index (χ2n) is 4.41. The number of nitrogens with zero attached hydrogens (tertiary/aromatic N) is 4. The molecule has 0 aromatic carbocycles. The lowest BCUT2D eigenvalue weighted by Gasteiger charge is -2.18. The zero-order valence-corrected chi connectivity index (χ0v) is 11.0. The van der Waals surface area contributed by atoms with Gasteiger partial charge in [-0.15, -0.1) is 0 Å². The summed E-state index contributed by atoms with van der Waals surface area (Å²) < 4.78 is 63.7. The molecule has 4 N–H and O–H groups in total. The molecule has 0 atom stereocenters. The van der Waals surface area contributed by atoms with E-state index in [2.05, 4.69) is 15.2 Å². The van der Waals surface area contributed by atoms with E-state index in [1.54, 1.807) is 0 Å². The van der Waals surface area contributed by atoms with Crippen LogP contribution in [-0.2, 0) is 6.42 Å². The van der Waals surface area contributed by atoms with E-state index in [9.17, 15) is 22.0 Å². The number of hydrazone groups is 1. The van der Waals surface area contributed by atoms with Crippen LogP contribution in [0.3, 0.4) is 0 Å². The summed E-state index contributed by atoms with van der Waals surface area (Å²) in [5.41, 5.74) is 5.89. The number of fused-ring (bicyclic) bond motifs is 1. The molecule has 0 radical (unpaired) electrons. The first kappa shape index (κ1) is 15.9. The van der Waals surface area contributed by atoms with Crippen LogP contribution in [-0.4, -0.2) is 32.5 Å². The highest BCUT2D eigenvalue weighted by molar-refractivity contribution is 6.01. The number of alkyl halides is 5. The van der Waals surface area contributed by atoms with Crippen molar-refractivity contribution in [2.75, 3.05) is 0 Å². The summed E-state index contributed by atoms with van der Waals surface area (Å²) in [6, 6.07) is 3.04. The van der Waals surface area contributed by atoms with E-state index >= 15 is 0 Å². The van der Waals surface area contributed by atoms with Crippen molar-refractivity contribution in [3.05, 3.63) is 29.8 Å². The van der Waals surface area contributed by atoms with Crippen LogP contribution in [0.15, 0.2) is 23.4 Å². The lowest BCUT2D eigenvalue weighted by Crippen LogP contribution is -2.36. The van der Waals surface area contributed by atoms with Gasteiger partial charge in [-0.25, -0.2) is 9.50 Å². The molecule has 0 spiro atoms. The third kappa shape index (κ3) is 2.78. The van der Waals surface area contributed by atoms with Gasteiger partial charge in [-0.05, 0) is 12.1 Å². The minimum Gasteiger partial charge on any atom is -0.380 e. The first-order valence-electron chi connectivity index (χ1n) is 5.98. The molecule has 2 rings (SSSR count). The van der Waals surface area contributed by atoms with Gasteiger partial charge in [0.2, 0.25) is 0 Å². The van der Waals surface area contributed by atoms with Crippen LogP contribution in [0.2, 0.25) is 0 Å². The average molecular weight is 322 g/mol. The van der Waals surface area contributed by atoms with Crippen molar-refractivity contribution in [2.24, 2.45) is 16.7 Å². The summed E-state index contributed by atoms with van der Waals surface area (Å²) >= 11 is 0. The lowest BCUT2D eigenvalue weighted by atomic mass is 10.1. The van der Waals surface area contributed by atoms with Gasteiger partial charge in [0.15, 0.2) is 5.84 Å². The van der Waals surface area contributed by atoms with Crippen LogP contribution in [0.25, 0.3) is 5.52 Å². The maximum absolute atomic E-state index is 13.0. The van der Waals surface area contributed by atoms with Gasteiger partial charge < -0.3 is 11.6 Å². The summed E-state index contributed by atoms with van der Waals surface area (Å²) in [4.78, 5) is 3.91. The van der Waals surface area contributed by atoms with Crippen molar-refractivity contribution in [2.45, 2.75) is 24.9 Å². The summed E-state index contributed by atoms with van der Waals surface area (Å²) in [5, 5.41) is 7.09. The molecular weight excluding hydrogens is 311 g/mol. The van der Waals surface area contributed by atoms with E-state index in [-0.39, 0.29) is 17.4 Å². The van der Waals surface area contributed by atoms with Gasteiger partial charge in [-0.2, -0.15) is 32.2 Å². The van der Waals surface area contributed by atoms with Crippen LogP contribution in [0.4, 0.5) is 22.0 Å². The smallest absolute Gasteiger partial charge is 0.380 e. The molecule has 2 aromatic heterocycles. The summed E-state index contributed by atoms with van der Waals surface area (Å²) in [5.74, 6) is -0.0663. The number of nitrogens with two attached hydrogens (primary N) is 2. The molecular formula is C11H11F5N6. The Hall–Kier alpha value is -2.46. The predicted octanol–water partition coefficient (Wildman–Crippen LogP) is 1.44. The molecule has 0 amide bonds. The third-order valence-electron chi connectivity index (χ3n) is 2.94. The molecule has 0 saturated carbocycles. The second kappa shape index (κ2) is 5.39. The van der Waals surface area contributed by atoms with E-state index in [0.29, 0.717) is 5.52 Å². The topological polar surface area (TPSA) is 94.6 Å². The molecule has 2 heterocycles. The standard InChI is InChI=1S/C11H11F5N6/c12-10(13,11(14,15)16)4-3-7-20-8(9(17)21-18)6-2-1-5-19-22(6)7/h1-2,5H,3-4,18H2,(H2,17,21). The quantitative estimate of drug-likeness (QED) is 0.293. The number of imidazole rings is 1. The first-order valence-corrected chi connectivity index (χ1v) is 5.98. The maximum atomic E-state index is 13.0. The van der Waals surface area contributed by atoms with Crippen molar-refractivity contribution in [1.29, 1.82) is 0 Å². The summed E-state index contributed by atoms with van der Waals surface area (Å²) in [6.45, 7) is 0. The van der Waals surface area contributed by atoms with Crippen molar-refractivity contribution < 1.29 is 22.0 Å². The van der Waals surface area contributed by atoms with E-state index in [4.69, 9.17) is 11.6 Å². The number of aromatic nitrogens is 3. The monoisotopic (exact) mass is 322 g/mol. The molecule has 120 valence electrons. The third-order valence-corrected chi connectivity index (χ3v) is 2.94. The first-order chi connectivity index (χ1) is 10.2.